The second kappa shape index (κ2) is 7.72. The van der Waals surface area contributed by atoms with Crippen LogP contribution in [0.15, 0.2) is 53.9 Å². The van der Waals surface area contributed by atoms with Crippen LogP contribution in [-0.4, -0.2) is 35.5 Å². The lowest BCUT2D eigenvalue weighted by molar-refractivity contribution is 0.141. The number of amides is 1. The average Bonchev–Trinajstić information content (AvgIpc) is 3.04. The SMILES string of the molecule is CNC(=O)OCc1cn(S(=O)(=O)c2ccccn2)c(-c2cccnc2F)c1F. The maximum atomic E-state index is 15.0. The van der Waals surface area contributed by atoms with E-state index in [2.05, 4.69) is 15.3 Å². The zero-order valence-electron chi connectivity index (χ0n) is 14.5. The van der Waals surface area contributed by atoms with E-state index in [4.69, 9.17) is 4.74 Å². The molecule has 0 spiro atoms. The molecule has 0 fully saturated rings. The number of carbonyl (C=O) groups is 1. The summed E-state index contributed by atoms with van der Waals surface area (Å²) in [5.41, 5.74) is -1.21. The molecular formula is C17H14F2N4O4S. The van der Waals surface area contributed by atoms with E-state index in [9.17, 15) is 17.6 Å². The van der Waals surface area contributed by atoms with Crippen molar-refractivity contribution in [1.82, 2.24) is 19.3 Å². The minimum absolute atomic E-state index is 0.263. The summed E-state index contributed by atoms with van der Waals surface area (Å²) in [6, 6.07) is 6.70. The van der Waals surface area contributed by atoms with Gasteiger partial charge in [-0.05, 0) is 24.3 Å². The lowest BCUT2D eigenvalue weighted by Gasteiger charge is -2.10. The molecule has 3 aromatic heterocycles. The van der Waals surface area contributed by atoms with Crippen molar-refractivity contribution >= 4 is 16.1 Å². The van der Waals surface area contributed by atoms with Crippen LogP contribution >= 0.6 is 0 Å². The molecule has 1 amide bonds. The first kappa shape index (κ1) is 19.4. The number of carbonyl (C=O) groups excluding carboxylic acids is 1. The number of aromatic nitrogens is 3. The number of nitrogens with one attached hydrogen (secondary N) is 1. The van der Waals surface area contributed by atoms with Crippen LogP contribution in [0.5, 0.6) is 0 Å². The standard InChI is InChI=1S/C17H14F2N4O4S/c1-20-17(24)27-10-11-9-23(28(25,26)13-6-2-3-7-21-13)15(14(11)18)12-5-4-8-22-16(12)19/h2-9H,10H2,1H3,(H,20,24). The molecule has 0 saturated carbocycles. The fourth-order valence-electron chi connectivity index (χ4n) is 2.42. The Balaban J connectivity index is 2.21. The van der Waals surface area contributed by atoms with Crippen LogP contribution in [0.3, 0.4) is 0 Å². The van der Waals surface area contributed by atoms with E-state index in [1.807, 2.05) is 0 Å². The molecule has 0 aliphatic heterocycles. The Hall–Kier alpha value is -3.34. The Bertz CT molecular complexity index is 1120. The van der Waals surface area contributed by atoms with Gasteiger partial charge in [-0.3, -0.25) is 0 Å². The third kappa shape index (κ3) is 3.56. The van der Waals surface area contributed by atoms with Gasteiger partial charge in [0.1, 0.15) is 12.3 Å². The van der Waals surface area contributed by atoms with Gasteiger partial charge in [0.2, 0.25) is 5.95 Å². The predicted octanol–water partition coefficient (Wildman–Crippen LogP) is 2.32. The number of hydrogen-bond donors (Lipinski definition) is 1. The van der Waals surface area contributed by atoms with Crippen LogP contribution in [-0.2, 0) is 21.4 Å². The molecule has 28 heavy (non-hydrogen) atoms. The molecular weight excluding hydrogens is 394 g/mol. The smallest absolute Gasteiger partial charge is 0.407 e. The predicted molar refractivity (Wildman–Crippen MR) is 93.6 cm³/mol. The van der Waals surface area contributed by atoms with Crippen molar-refractivity contribution in [2.24, 2.45) is 0 Å². The van der Waals surface area contributed by atoms with Crippen molar-refractivity contribution in [3.8, 4) is 11.3 Å². The molecule has 3 heterocycles. The van der Waals surface area contributed by atoms with Gasteiger partial charge in [-0.2, -0.15) is 12.8 Å². The molecule has 0 bridgehead atoms. The number of nitrogens with zero attached hydrogens (tertiary/aromatic N) is 3. The van der Waals surface area contributed by atoms with Crippen molar-refractivity contribution in [1.29, 1.82) is 0 Å². The summed E-state index contributed by atoms with van der Waals surface area (Å²) in [4.78, 5) is 18.5. The summed E-state index contributed by atoms with van der Waals surface area (Å²) >= 11 is 0. The molecule has 3 aromatic rings. The minimum Gasteiger partial charge on any atom is -0.445 e. The maximum Gasteiger partial charge on any atom is 0.407 e. The number of pyridine rings is 2. The van der Waals surface area contributed by atoms with Crippen LogP contribution in [0.1, 0.15) is 5.56 Å². The number of ether oxygens (including phenoxy) is 1. The first-order valence-corrected chi connectivity index (χ1v) is 9.32. The van der Waals surface area contributed by atoms with Gasteiger partial charge in [-0.1, -0.05) is 6.07 Å². The van der Waals surface area contributed by atoms with Crippen LogP contribution in [0.4, 0.5) is 13.6 Å². The van der Waals surface area contributed by atoms with E-state index in [0.717, 1.165) is 12.4 Å². The van der Waals surface area contributed by atoms with Gasteiger partial charge < -0.3 is 10.1 Å². The molecule has 8 nitrogen and oxygen atoms in total. The Morgan fingerprint density at radius 1 is 1.18 bits per heavy atom. The maximum absolute atomic E-state index is 15.0. The van der Waals surface area contributed by atoms with Crippen molar-refractivity contribution in [3.05, 3.63) is 66.3 Å². The zero-order chi connectivity index (χ0) is 20.3. The molecule has 0 radical (unpaired) electrons. The van der Waals surface area contributed by atoms with Gasteiger partial charge in [0.25, 0.3) is 10.0 Å². The third-order valence-electron chi connectivity index (χ3n) is 3.72. The Kier molecular flexibility index (Phi) is 5.36. The van der Waals surface area contributed by atoms with E-state index >= 15 is 4.39 Å². The van der Waals surface area contributed by atoms with E-state index in [1.54, 1.807) is 0 Å². The number of alkyl carbamates (subject to hydrolysis) is 1. The van der Waals surface area contributed by atoms with Crippen LogP contribution < -0.4 is 5.32 Å². The average molecular weight is 408 g/mol. The third-order valence-corrected chi connectivity index (χ3v) is 5.30. The topological polar surface area (TPSA) is 103 Å². The molecule has 0 unspecified atom stereocenters. The molecule has 1 N–H and O–H groups in total. The zero-order valence-corrected chi connectivity index (χ0v) is 15.3. The van der Waals surface area contributed by atoms with E-state index in [0.29, 0.717) is 3.97 Å². The largest absolute Gasteiger partial charge is 0.445 e. The minimum atomic E-state index is -4.37. The summed E-state index contributed by atoms with van der Waals surface area (Å²) in [5, 5.41) is 1.82. The van der Waals surface area contributed by atoms with Crippen LogP contribution in [0.25, 0.3) is 11.3 Å². The van der Waals surface area contributed by atoms with Gasteiger partial charge in [0, 0.05) is 31.2 Å². The Labute approximate surface area is 158 Å². The van der Waals surface area contributed by atoms with Gasteiger partial charge >= 0.3 is 6.09 Å². The van der Waals surface area contributed by atoms with Crippen molar-refractivity contribution in [2.75, 3.05) is 7.05 Å². The second-order valence-corrected chi connectivity index (χ2v) is 7.22. The van der Waals surface area contributed by atoms with E-state index in [1.165, 1.54) is 43.6 Å². The molecule has 146 valence electrons. The summed E-state index contributed by atoms with van der Waals surface area (Å²) in [6.07, 6.45) is 2.48. The lowest BCUT2D eigenvalue weighted by atomic mass is 10.2. The first-order chi connectivity index (χ1) is 13.4. The molecule has 11 heteroatoms. The highest BCUT2D eigenvalue weighted by Gasteiger charge is 2.29. The highest BCUT2D eigenvalue weighted by molar-refractivity contribution is 7.90. The van der Waals surface area contributed by atoms with Crippen molar-refractivity contribution in [2.45, 2.75) is 11.6 Å². The van der Waals surface area contributed by atoms with Crippen LogP contribution in [0.2, 0.25) is 0 Å². The second-order valence-electron chi connectivity index (χ2n) is 5.45. The first-order valence-electron chi connectivity index (χ1n) is 7.88. The molecule has 0 aliphatic carbocycles. The Morgan fingerprint density at radius 2 is 1.93 bits per heavy atom. The normalized spacial score (nSPS) is 11.2. The molecule has 0 aliphatic rings. The number of rotatable bonds is 5. The van der Waals surface area contributed by atoms with Crippen LogP contribution in [0, 0.1) is 11.8 Å². The number of hydrogen-bond acceptors (Lipinski definition) is 6. The van der Waals surface area contributed by atoms with Crippen molar-refractivity contribution < 1.29 is 26.7 Å². The summed E-state index contributed by atoms with van der Waals surface area (Å²) in [7, 11) is -3.05. The molecule has 3 rings (SSSR count). The monoisotopic (exact) mass is 408 g/mol. The number of halogens is 2. The highest BCUT2D eigenvalue weighted by Crippen LogP contribution is 2.31. The lowest BCUT2D eigenvalue weighted by Crippen LogP contribution is -2.19. The fraction of sp³-hybridized carbons (Fsp3) is 0.118. The summed E-state index contributed by atoms with van der Waals surface area (Å²) < 4.78 is 60.5. The van der Waals surface area contributed by atoms with Gasteiger partial charge in [0.15, 0.2) is 10.8 Å². The summed E-state index contributed by atoms with van der Waals surface area (Å²) in [6.45, 7) is -0.564. The highest BCUT2D eigenvalue weighted by atomic mass is 32.2. The van der Waals surface area contributed by atoms with Gasteiger partial charge in [-0.25, -0.2) is 23.1 Å². The van der Waals surface area contributed by atoms with Gasteiger partial charge in [0.05, 0.1) is 5.56 Å². The fourth-order valence-corrected chi connectivity index (χ4v) is 3.75. The van der Waals surface area contributed by atoms with Crippen molar-refractivity contribution in [3.63, 3.8) is 0 Å². The van der Waals surface area contributed by atoms with E-state index in [-0.39, 0.29) is 16.2 Å². The molecule has 0 atom stereocenters. The summed E-state index contributed by atoms with van der Waals surface area (Å²) in [5.74, 6) is -2.12. The Morgan fingerprint density at radius 3 is 2.57 bits per heavy atom. The van der Waals surface area contributed by atoms with E-state index < -0.39 is 40.2 Å². The molecule has 0 saturated heterocycles. The quantitative estimate of drug-likeness (QED) is 0.650. The molecule has 0 aromatic carbocycles. The van der Waals surface area contributed by atoms with Gasteiger partial charge in [-0.15, -0.1) is 0 Å².